The van der Waals surface area contributed by atoms with Crippen LogP contribution in [-0.2, 0) is 9.47 Å². The minimum atomic E-state index is 0.253. The van der Waals surface area contributed by atoms with E-state index in [1.165, 1.54) is 6.42 Å². The van der Waals surface area contributed by atoms with Crippen molar-refractivity contribution in [3.8, 4) is 0 Å². The van der Waals surface area contributed by atoms with Gasteiger partial charge in [-0.3, -0.25) is 0 Å². The Kier molecular flexibility index (Phi) is 4.91. The third-order valence-electron chi connectivity index (χ3n) is 4.94. The summed E-state index contributed by atoms with van der Waals surface area (Å²) in [7, 11) is 0. The Morgan fingerprint density at radius 2 is 2.05 bits per heavy atom. The fraction of sp³-hybridized carbons (Fsp3) is 1.00. The molecule has 19 heavy (non-hydrogen) atoms. The lowest BCUT2D eigenvalue weighted by molar-refractivity contribution is -0.126. The molecule has 4 atom stereocenters. The molecule has 3 nitrogen and oxygen atoms in total. The lowest BCUT2D eigenvalue weighted by atomic mass is 9.64. The molecule has 0 radical (unpaired) electrons. The van der Waals surface area contributed by atoms with Crippen molar-refractivity contribution in [3.63, 3.8) is 0 Å². The summed E-state index contributed by atoms with van der Waals surface area (Å²) in [4.78, 5) is 0. The number of nitrogens with one attached hydrogen (secondary N) is 1. The molecule has 0 aromatic heterocycles. The topological polar surface area (TPSA) is 30.5 Å². The lowest BCUT2D eigenvalue weighted by Crippen LogP contribution is -2.63. The van der Waals surface area contributed by atoms with E-state index in [-0.39, 0.29) is 5.41 Å². The minimum Gasteiger partial charge on any atom is -0.381 e. The molecule has 0 aromatic carbocycles. The third-order valence-corrected chi connectivity index (χ3v) is 4.94. The van der Waals surface area contributed by atoms with Gasteiger partial charge in [0.05, 0.1) is 12.7 Å². The zero-order valence-electron chi connectivity index (χ0n) is 13.2. The van der Waals surface area contributed by atoms with E-state index < -0.39 is 0 Å². The highest BCUT2D eigenvalue weighted by Gasteiger charge is 2.49. The zero-order chi connectivity index (χ0) is 14.0. The molecule has 1 N–H and O–H groups in total. The van der Waals surface area contributed by atoms with Gasteiger partial charge in [-0.2, -0.15) is 0 Å². The summed E-state index contributed by atoms with van der Waals surface area (Å²) >= 11 is 0. The first kappa shape index (κ1) is 15.3. The van der Waals surface area contributed by atoms with Gasteiger partial charge in [-0.25, -0.2) is 0 Å². The molecule has 112 valence electrons. The predicted octanol–water partition coefficient (Wildman–Crippen LogP) is 2.84. The maximum Gasteiger partial charge on any atom is 0.0656 e. The molecule has 2 aliphatic rings. The van der Waals surface area contributed by atoms with E-state index in [9.17, 15) is 0 Å². The molecule has 0 aromatic rings. The summed E-state index contributed by atoms with van der Waals surface area (Å²) in [5.74, 6) is 1.31. The summed E-state index contributed by atoms with van der Waals surface area (Å²) in [6, 6.07) is 1.14. The van der Waals surface area contributed by atoms with Gasteiger partial charge in [0.2, 0.25) is 0 Å². The van der Waals surface area contributed by atoms with Crippen molar-refractivity contribution in [2.45, 2.75) is 65.6 Å². The molecule has 1 heterocycles. The molecular formula is C16H31NO2. The van der Waals surface area contributed by atoms with Crippen LogP contribution in [0.1, 0.15) is 47.5 Å². The molecular weight excluding hydrogens is 238 g/mol. The first-order valence-corrected chi connectivity index (χ1v) is 7.86. The van der Waals surface area contributed by atoms with Crippen molar-refractivity contribution >= 4 is 0 Å². The molecule has 0 amide bonds. The average Bonchev–Trinajstić information content (AvgIpc) is 2.85. The van der Waals surface area contributed by atoms with Gasteiger partial charge in [0.1, 0.15) is 0 Å². The Balaban J connectivity index is 1.76. The Bertz CT molecular complexity index is 284. The summed E-state index contributed by atoms with van der Waals surface area (Å²) in [5, 5.41) is 3.81. The first-order valence-electron chi connectivity index (χ1n) is 7.86. The third kappa shape index (κ3) is 3.50. The standard InChI is InChI=1S/C16H31NO2/c1-11(2)9-19-15-8-14(16(15,4)5)17-12(3)13-6-7-18-10-13/h11-15,17H,6-10H2,1-5H3. The van der Waals surface area contributed by atoms with Crippen LogP contribution in [0.3, 0.4) is 0 Å². The number of ether oxygens (including phenoxy) is 2. The normalized spacial score (nSPS) is 35.4. The van der Waals surface area contributed by atoms with Crippen molar-refractivity contribution in [2.24, 2.45) is 17.3 Å². The van der Waals surface area contributed by atoms with Crippen molar-refractivity contribution in [3.05, 3.63) is 0 Å². The molecule has 1 aliphatic heterocycles. The summed E-state index contributed by atoms with van der Waals surface area (Å²) in [5.41, 5.74) is 0.253. The summed E-state index contributed by atoms with van der Waals surface area (Å²) in [6.07, 6.45) is 2.77. The molecule has 0 spiro atoms. The van der Waals surface area contributed by atoms with Crippen molar-refractivity contribution < 1.29 is 9.47 Å². The van der Waals surface area contributed by atoms with Gasteiger partial charge in [0.15, 0.2) is 0 Å². The fourth-order valence-corrected chi connectivity index (χ4v) is 3.16. The molecule has 1 saturated carbocycles. The van der Waals surface area contributed by atoms with Gasteiger partial charge in [0, 0.05) is 30.7 Å². The van der Waals surface area contributed by atoms with Gasteiger partial charge < -0.3 is 14.8 Å². The molecule has 2 rings (SSSR count). The van der Waals surface area contributed by atoms with Gasteiger partial charge in [-0.1, -0.05) is 27.7 Å². The van der Waals surface area contributed by atoms with E-state index in [1.54, 1.807) is 0 Å². The number of rotatable bonds is 6. The van der Waals surface area contributed by atoms with Crippen LogP contribution in [0.5, 0.6) is 0 Å². The highest BCUT2D eigenvalue weighted by atomic mass is 16.5. The highest BCUT2D eigenvalue weighted by Crippen LogP contribution is 2.43. The average molecular weight is 269 g/mol. The molecule has 3 heteroatoms. The fourth-order valence-electron chi connectivity index (χ4n) is 3.16. The quantitative estimate of drug-likeness (QED) is 0.804. The van der Waals surface area contributed by atoms with Crippen molar-refractivity contribution in [2.75, 3.05) is 19.8 Å². The molecule has 4 unspecified atom stereocenters. The SMILES string of the molecule is CC(C)COC1CC(NC(C)C2CCOC2)C1(C)C. The second kappa shape index (κ2) is 6.11. The maximum atomic E-state index is 6.03. The molecule has 2 fully saturated rings. The Labute approximate surface area is 118 Å². The summed E-state index contributed by atoms with van der Waals surface area (Å²) in [6.45, 7) is 14.1. The van der Waals surface area contributed by atoms with E-state index in [2.05, 4.69) is 39.9 Å². The van der Waals surface area contributed by atoms with E-state index in [0.717, 1.165) is 26.2 Å². The number of hydrogen-bond donors (Lipinski definition) is 1. The van der Waals surface area contributed by atoms with Crippen molar-refractivity contribution in [1.29, 1.82) is 0 Å². The highest BCUT2D eigenvalue weighted by molar-refractivity contribution is 5.04. The second-order valence-electron chi connectivity index (χ2n) is 7.40. The van der Waals surface area contributed by atoms with Crippen LogP contribution >= 0.6 is 0 Å². The smallest absolute Gasteiger partial charge is 0.0656 e. The minimum absolute atomic E-state index is 0.253. The van der Waals surface area contributed by atoms with Crippen molar-refractivity contribution in [1.82, 2.24) is 5.32 Å². The van der Waals surface area contributed by atoms with Crippen LogP contribution in [0.4, 0.5) is 0 Å². The second-order valence-corrected chi connectivity index (χ2v) is 7.40. The number of hydrogen-bond acceptors (Lipinski definition) is 3. The van der Waals surface area contributed by atoms with Gasteiger partial charge in [0.25, 0.3) is 0 Å². The zero-order valence-corrected chi connectivity index (χ0v) is 13.2. The predicted molar refractivity (Wildman–Crippen MR) is 78.3 cm³/mol. The van der Waals surface area contributed by atoms with E-state index in [0.29, 0.717) is 30.0 Å². The first-order chi connectivity index (χ1) is 8.91. The Morgan fingerprint density at radius 1 is 1.32 bits per heavy atom. The Hall–Kier alpha value is -0.120. The molecule has 0 bridgehead atoms. The lowest BCUT2D eigenvalue weighted by Gasteiger charge is -2.53. The van der Waals surface area contributed by atoms with Gasteiger partial charge in [-0.15, -0.1) is 0 Å². The van der Waals surface area contributed by atoms with Crippen LogP contribution in [0.15, 0.2) is 0 Å². The van der Waals surface area contributed by atoms with Crippen LogP contribution in [-0.4, -0.2) is 38.0 Å². The Morgan fingerprint density at radius 3 is 2.58 bits per heavy atom. The van der Waals surface area contributed by atoms with Gasteiger partial charge in [-0.05, 0) is 31.6 Å². The summed E-state index contributed by atoms with van der Waals surface area (Å²) < 4.78 is 11.5. The van der Waals surface area contributed by atoms with Crippen LogP contribution in [0, 0.1) is 17.3 Å². The largest absolute Gasteiger partial charge is 0.381 e. The van der Waals surface area contributed by atoms with E-state index in [4.69, 9.17) is 9.47 Å². The molecule has 1 saturated heterocycles. The maximum absolute atomic E-state index is 6.03. The van der Waals surface area contributed by atoms with E-state index in [1.807, 2.05) is 0 Å². The van der Waals surface area contributed by atoms with Crippen LogP contribution in [0.2, 0.25) is 0 Å². The monoisotopic (exact) mass is 269 g/mol. The van der Waals surface area contributed by atoms with Crippen LogP contribution < -0.4 is 5.32 Å². The van der Waals surface area contributed by atoms with Gasteiger partial charge >= 0.3 is 0 Å². The van der Waals surface area contributed by atoms with E-state index >= 15 is 0 Å². The van der Waals surface area contributed by atoms with Crippen LogP contribution in [0.25, 0.3) is 0 Å². The molecule has 1 aliphatic carbocycles.